The highest BCUT2D eigenvalue weighted by Gasteiger charge is 1.89. The van der Waals surface area contributed by atoms with Crippen molar-refractivity contribution in [3.05, 3.63) is 0 Å². The maximum Gasteiger partial charge on any atom is 0.217 e. The Morgan fingerprint density at radius 2 is 1.83 bits per heavy atom. The van der Waals surface area contributed by atoms with Gasteiger partial charge in [0.1, 0.15) is 0 Å². The molecule has 0 amide bonds. The zero-order valence-electron chi connectivity index (χ0n) is 3.17. The second-order valence-corrected chi connectivity index (χ2v) is 3.14. The van der Waals surface area contributed by atoms with Crippen LogP contribution in [0.2, 0.25) is 0 Å². The number of sulfonamides is 1. The van der Waals surface area contributed by atoms with E-state index in [-0.39, 0.29) is 0 Å². The summed E-state index contributed by atoms with van der Waals surface area (Å²) in [6.45, 7) is 0. The van der Waals surface area contributed by atoms with Crippen LogP contribution in [0.5, 0.6) is 0 Å². The average Bonchev–Trinajstić information content (AvgIpc) is 1.35. The summed E-state index contributed by atoms with van der Waals surface area (Å²) in [5.41, 5.74) is 0. The second-order valence-electron chi connectivity index (χ2n) is 0.863. The highest BCUT2D eigenvalue weighted by molar-refractivity contribution is 8.00. The van der Waals surface area contributed by atoms with E-state index in [9.17, 15) is 8.42 Å². The Balaban J connectivity index is 3.85. The molecule has 0 rings (SSSR count). The van der Waals surface area contributed by atoms with Gasteiger partial charge < -0.3 is 0 Å². The third-order valence-electron chi connectivity index (χ3n) is 0.166. The van der Waals surface area contributed by atoms with Crippen molar-refractivity contribution >= 4 is 22.8 Å². The van der Waals surface area contributed by atoms with Crippen molar-refractivity contribution in [2.75, 3.05) is 6.26 Å². The number of hydrogen-bond donors (Lipinski definition) is 2. The van der Waals surface area contributed by atoms with E-state index >= 15 is 0 Å². The predicted molar refractivity (Wildman–Crippen MR) is 27.0 cm³/mol. The number of hydrogen-bond acceptors (Lipinski definition) is 3. The van der Waals surface area contributed by atoms with Gasteiger partial charge in [0.25, 0.3) is 0 Å². The van der Waals surface area contributed by atoms with Crippen LogP contribution >= 0.6 is 12.8 Å². The first-order valence-electron chi connectivity index (χ1n) is 1.17. The molecule has 1 N–H and O–H groups in total. The summed E-state index contributed by atoms with van der Waals surface area (Å²) in [7, 11) is -3.05. The van der Waals surface area contributed by atoms with Gasteiger partial charge in [0.05, 0.1) is 6.26 Å². The fourth-order valence-electron chi connectivity index (χ4n) is 0. The van der Waals surface area contributed by atoms with Crippen LogP contribution in [-0.2, 0) is 10.0 Å². The largest absolute Gasteiger partial charge is 0.217 e. The molecule has 0 aliphatic rings. The summed E-state index contributed by atoms with van der Waals surface area (Å²) >= 11 is 3.26. The van der Waals surface area contributed by atoms with Crippen molar-refractivity contribution < 1.29 is 8.42 Å². The molecule has 0 fully saturated rings. The summed E-state index contributed by atoms with van der Waals surface area (Å²) in [5, 5.41) is 0. The van der Waals surface area contributed by atoms with Crippen LogP contribution in [0.25, 0.3) is 0 Å². The number of thiol groups is 1. The number of rotatable bonds is 1. The van der Waals surface area contributed by atoms with E-state index in [1.807, 2.05) is 0 Å². The highest BCUT2D eigenvalue weighted by atomic mass is 32.3. The van der Waals surface area contributed by atoms with E-state index in [4.69, 9.17) is 0 Å². The minimum absolute atomic E-state index is 1.03. The lowest BCUT2D eigenvalue weighted by atomic mass is 12.0. The molecule has 0 aromatic heterocycles. The molecule has 38 valence electrons. The molecular formula is CH5NO2S2. The maximum absolute atomic E-state index is 9.81. The van der Waals surface area contributed by atoms with E-state index in [0.717, 1.165) is 6.26 Å². The van der Waals surface area contributed by atoms with Crippen LogP contribution < -0.4 is 4.13 Å². The zero-order chi connectivity index (χ0) is 5.21. The van der Waals surface area contributed by atoms with Crippen molar-refractivity contribution in [1.82, 2.24) is 4.13 Å². The van der Waals surface area contributed by atoms with Gasteiger partial charge in [-0.2, -0.15) is 4.13 Å². The zero-order valence-corrected chi connectivity index (χ0v) is 4.88. The van der Waals surface area contributed by atoms with Crippen molar-refractivity contribution in [1.29, 1.82) is 0 Å². The molecule has 5 heteroatoms. The van der Waals surface area contributed by atoms with E-state index in [1.54, 1.807) is 4.13 Å². The second kappa shape index (κ2) is 1.81. The molecular weight excluding hydrogens is 122 g/mol. The SMILES string of the molecule is CS(=O)(=O)NS. The fourth-order valence-corrected chi connectivity index (χ4v) is 0. The monoisotopic (exact) mass is 127 g/mol. The molecule has 0 atom stereocenters. The minimum Gasteiger partial charge on any atom is -0.212 e. The summed E-state index contributed by atoms with van der Waals surface area (Å²) < 4.78 is 21.4. The van der Waals surface area contributed by atoms with Crippen molar-refractivity contribution in [2.24, 2.45) is 0 Å². The molecule has 0 bridgehead atoms. The van der Waals surface area contributed by atoms with Gasteiger partial charge in [0.15, 0.2) is 0 Å². The van der Waals surface area contributed by atoms with Gasteiger partial charge in [-0.3, -0.25) is 0 Å². The quantitative estimate of drug-likeness (QED) is 0.461. The molecule has 0 aromatic carbocycles. The van der Waals surface area contributed by atoms with E-state index < -0.39 is 10.0 Å². The van der Waals surface area contributed by atoms with E-state index in [0.29, 0.717) is 0 Å². The Bertz CT molecular complexity index is 114. The standard InChI is InChI=1S/CH5NO2S2/c1-6(3,4)2-5/h2,5H,1H3. The first-order chi connectivity index (χ1) is 2.56. The first kappa shape index (κ1) is 6.26. The molecule has 0 aromatic rings. The highest BCUT2D eigenvalue weighted by Crippen LogP contribution is 1.70. The van der Waals surface area contributed by atoms with Crippen molar-refractivity contribution in [2.45, 2.75) is 0 Å². The van der Waals surface area contributed by atoms with Crippen LogP contribution in [-0.4, -0.2) is 14.7 Å². The Labute approximate surface area is 42.3 Å². The minimum atomic E-state index is -3.05. The molecule has 0 unspecified atom stereocenters. The lowest BCUT2D eigenvalue weighted by molar-refractivity contribution is 0.600. The maximum atomic E-state index is 9.81. The Hall–Kier alpha value is 0.260. The van der Waals surface area contributed by atoms with Crippen LogP contribution in [0.15, 0.2) is 0 Å². The Morgan fingerprint density at radius 3 is 1.83 bits per heavy atom. The number of nitrogens with one attached hydrogen (secondary N) is 1. The third-order valence-corrected chi connectivity index (χ3v) is 1.49. The first-order valence-corrected chi connectivity index (χ1v) is 3.51. The van der Waals surface area contributed by atoms with Gasteiger partial charge in [0.2, 0.25) is 10.0 Å². The summed E-state index contributed by atoms with van der Waals surface area (Å²) in [6, 6.07) is 0. The smallest absolute Gasteiger partial charge is 0.212 e. The summed E-state index contributed by atoms with van der Waals surface area (Å²) in [6.07, 6.45) is 1.03. The van der Waals surface area contributed by atoms with Gasteiger partial charge in [-0.05, 0) is 0 Å². The Kier molecular flexibility index (Phi) is 1.89. The molecule has 0 saturated heterocycles. The molecule has 0 saturated carbocycles. The van der Waals surface area contributed by atoms with Gasteiger partial charge >= 0.3 is 0 Å². The topological polar surface area (TPSA) is 46.2 Å². The third kappa shape index (κ3) is 4.26. The lowest BCUT2D eigenvalue weighted by Crippen LogP contribution is -2.09. The summed E-state index contributed by atoms with van der Waals surface area (Å²) in [4.78, 5) is 0. The van der Waals surface area contributed by atoms with Gasteiger partial charge in [-0.1, -0.05) is 12.8 Å². The van der Waals surface area contributed by atoms with Gasteiger partial charge in [-0.25, -0.2) is 8.42 Å². The normalized spacial score (nSPS) is 11.7. The molecule has 0 aliphatic carbocycles. The van der Waals surface area contributed by atoms with Crippen LogP contribution in [0.4, 0.5) is 0 Å². The van der Waals surface area contributed by atoms with Crippen molar-refractivity contribution in [3.8, 4) is 0 Å². The van der Waals surface area contributed by atoms with E-state index in [2.05, 4.69) is 12.8 Å². The lowest BCUT2D eigenvalue weighted by Gasteiger charge is -1.83. The van der Waals surface area contributed by atoms with Gasteiger partial charge in [0, 0.05) is 0 Å². The molecule has 0 heterocycles. The van der Waals surface area contributed by atoms with Crippen molar-refractivity contribution in [3.63, 3.8) is 0 Å². The summed E-state index contributed by atoms with van der Waals surface area (Å²) in [5.74, 6) is 0. The molecule has 0 aliphatic heterocycles. The Morgan fingerprint density at radius 1 is 1.67 bits per heavy atom. The predicted octanol–water partition coefficient (Wildman–Crippen LogP) is -0.620. The fraction of sp³-hybridized carbons (Fsp3) is 1.00. The van der Waals surface area contributed by atoms with Crippen LogP contribution in [0.1, 0.15) is 0 Å². The molecule has 0 spiro atoms. The average molecular weight is 127 g/mol. The molecule has 6 heavy (non-hydrogen) atoms. The molecule has 0 radical (unpaired) electrons. The van der Waals surface area contributed by atoms with Gasteiger partial charge in [-0.15, -0.1) is 0 Å². The van der Waals surface area contributed by atoms with Crippen LogP contribution in [0, 0.1) is 0 Å². The van der Waals surface area contributed by atoms with Crippen LogP contribution in [0.3, 0.4) is 0 Å². The van der Waals surface area contributed by atoms with E-state index in [1.165, 1.54) is 0 Å². The molecule has 3 nitrogen and oxygen atoms in total.